The van der Waals surface area contributed by atoms with Crippen molar-refractivity contribution in [3.63, 3.8) is 0 Å². The van der Waals surface area contributed by atoms with Crippen molar-refractivity contribution in [3.8, 4) is 11.4 Å². The Morgan fingerprint density at radius 1 is 0.900 bits per heavy atom. The van der Waals surface area contributed by atoms with Gasteiger partial charge < -0.3 is 20.1 Å². The number of halogens is 1. The average Bonchev–Trinajstić information content (AvgIpc) is 3.71. The van der Waals surface area contributed by atoms with Gasteiger partial charge in [0.25, 0.3) is 0 Å². The molecule has 4 aromatic rings. The fourth-order valence-corrected chi connectivity index (χ4v) is 6.27. The van der Waals surface area contributed by atoms with Crippen LogP contribution >= 0.6 is 11.6 Å². The maximum Gasteiger partial charge on any atom is 0.159 e. The SMILES string of the molecule is Clc1cnc2[nH]c(-c3ccc(N4CCN(Cc5cccnc5)CC4)cc3)nc2c1NC1CCN(CC2CC2)CC1. The minimum atomic E-state index is 0.405. The summed E-state index contributed by atoms with van der Waals surface area (Å²) in [5, 5.41) is 4.35. The number of rotatable bonds is 8. The molecular weight excluding hydrogens is 520 g/mol. The van der Waals surface area contributed by atoms with Crippen LogP contribution in [0.5, 0.6) is 0 Å². The highest BCUT2D eigenvalue weighted by Crippen LogP contribution is 2.34. The van der Waals surface area contributed by atoms with Gasteiger partial charge in [0.2, 0.25) is 0 Å². The van der Waals surface area contributed by atoms with Gasteiger partial charge in [-0.3, -0.25) is 9.88 Å². The maximum atomic E-state index is 6.64. The molecule has 2 aliphatic heterocycles. The number of pyridine rings is 2. The lowest BCUT2D eigenvalue weighted by atomic mass is 10.0. The largest absolute Gasteiger partial charge is 0.379 e. The van der Waals surface area contributed by atoms with E-state index in [-0.39, 0.29) is 0 Å². The van der Waals surface area contributed by atoms with E-state index in [0.717, 1.165) is 92.8 Å². The van der Waals surface area contributed by atoms with Crippen molar-refractivity contribution >= 4 is 34.1 Å². The fourth-order valence-electron chi connectivity index (χ4n) is 6.08. The standard InChI is InChI=1S/C31H37ClN8/c32-27-19-34-31-29(28(27)35-25-9-12-38(13-10-25)20-22-3-4-22)36-30(37-31)24-5-7-26(8-6-24)40-16-14-39(15-17-40)21-23-2-1-11-33-18-23/h1-2,5-8,11,18-19,22,25H,3-4,9-10,12-17,20-21H2,(H2,34,35,36,37). The second kappa shape index (κ2) is 11.4. The summed E-state index contributed by atoms with van der Waals surface area (Å²) in [6.45, 7) is 8.65. The molecule has 5 heterocycles. The first-order valence-corrected chi connectivity index (χ1v) is 15.1. The normalized spacial score (nSPS) is 19.4. The van der Waals surface area contributed by atoms with Crippen LogP contribution in [0.15, 0.2) is 55.0 Å². The van der Waals surface area contributed by atoms with Crippen molar-refractivity contribution in [2.45, 2.75) is 38.3 Å². The predicted octanol–water partition coefficient (Wildman–Crippen LogP) is 5.28. The number of aromatic nitrogens is 4. The van der Waals surface area contributed by atoms with Crippen molar-refractivity contribution in [1.29, 1.82) is 0 Å². The van der Waals surface area contributed by atoms with Crippen LogP contribution in [0.1, 0.15) is 31.2 Å². The van der Waals surface area contributed by atoms with Crippen LogP contribution in [0, 0.1) is 5.92 Å². The molecule has 2 N–H and O–H groups in total. The van der Waals surface area contributed by atoms with Crippen LogP contribution in [0.4, 0.5) is 11.4 Å². The third-order valence-electron chi connectivity index (χ3n) is 8.62. The summed E-state index contributed by atoms with van der Waals surface area (Å²) in [5.74, 6) is 1.77. The number of piperidine rings is 1. The highest BCUT2D eigenvalue weighted by atomic mass is 35.5. The van der Waals surface area contributed by atoms with E-state index in [1.54, 1.807) is 6.20 Å². The smallest absolute Gasteiger partial charge is 0.159 e. The van der Waals surface area contributed by atoms with Gasteiger partial charge in [-0.1, -0.05) is 17.7 Å². The van der Waals surface area contributed by atoms with Crippen molar-refractivity contribution in [1.82, 2.24) is 29.7 Å². The Labute approximate surface area is 240 Å². The number of hydrogen-bond donors (Lipinski definition) is 2. The van der Waals surface area contributed by atoms with Gasteiger partial charge in [-0.25, -0.2) is 9.97 Å². The number of H-pyrrole nitrogens is 1. The number of benzene rings is 1. The summed E-state index contributed by atoms with van der Waals surface area (Å²) in [6, 6.07) is 13.3. The Bertz CT molecular complexity index is 1420. The first-order chi connectivity index (χ1) is 19.7. The molecule has 9 heteroatoms. The molecular formula is C31H37ClN8. The van der Waals surface area contributed by atoms with Gasteiger partial charge in [-0.05, 0) is 67.5 Å². The summed E-state index contributed by atoms with van der Waals surface area (Å²) in [7, 11) is 0. The summed E-state index contributed by atoms with van der Waals surface area (Å²) < 4.78 is 0. The van der Waals surface area contributed by atoms with Gasteiger partial charge in [0.15, 0.2) is 5.65 Å². The lowest BCUT2D eigenvalue weighted by Gasteiger charge is -2.36. The third-order valence-corrected chi connectivity index (χ3v) is 8.91. The van der Waals surface area contributed by atoms with E-state index >= 15 is 0 Å². The number of fused-ring (bicyclic) bond motifs is 1. The number of aromatic amines is 1. The molecule has 2 saturated heterocycles. The zero-order valence-electron chi connectivity index (χ0n) is 22.9. The summed E-state index contributed by atoms with van der Waals surface area (Å²) >= 11 is 6.64. The van der Waals surface area contributed by atoms with Crippen molar-refractivity contribution in [2.24, 2.45) is 5.92 Å². The van der Waals surface area contributed by atoms with Gasteiger partial charge in [0.05, 0.1) is 16.9 Å². The lowest BCUT2D eigenvalue weighted by molar-refractivity contribution is 0.211. The molecule has 0 radical (unpaired) electrons. The Morgan fingerprint density at radius 2 is 1.70 bits per heavy atom. The fraction of sp³-hybridized carbons (Fsp3) is 0.452. The number of nitrogens with zero attached hydrogens (tertiary/aromatic N) is 6. The van der Waals surface area contributed by atoms with E-state index in [2.05, 4.69) is 65.3 Å². The number of anilines is 2. The zero-order chi connectivity index (χ0) is 26.9. The molecule has 1 saturated carbocycles. The first kappa shape index (κ1) is 25.7. The van der Waals surface area contributed by atoms with Crippen LogP contribution in [0.3, 0.4) is 0 Å². The zero-order valence-corrected chi connectivity index (χ0v) is 23.7. The van der Waals surface area contributed by atoms with Gasteiger partial charge in [-0.15, -0.1) is 0 Å². The Hall–Kier alpha value is -3.20. The molecule has 3 fully saturated rings. The minimum Gasteiger partial charge on any atom is -0.379 e. The van der Waals surface area contributed by atoms with Gasteiger partial charge in [0.1, 0.15) is 11.3 Å². The number of hydrogen-bond acceptors (Lipinski definition) is 7. The monoisotopic (exact) mass is 556 g/mol. The number of likely N-dealkylation sites (tertiary alicyclic amines) is 1. The highest BCUT2D eigenvalue weighted by molar-refractivity contribution is 6.34. The molecule has 1 aromatic carbocycles. The number of piperazine rings is 1. The number of nitrogens with one attached hydrogen (secondary N) is 2. The summed E-state index contributed by atoms with van der Waals surface area (Å²) in [5.41, 5.74) is 6.05. The summed E-state index contributed by atoms with van der Waals surface area (Å²) in [6.07, 6.45) is 10.6. The molecule has 0 bridgehead atoms. The van der Waals surface area contributed by atoms with Crippen molar-refractivity contribution in [2.75, 3.05) is 56.0 Å². The summed E-state index contributed by atoms with van der Waals surface area (Å²) in [4.78, 5) is 24.8. The minimum absolute atomic E-state index is 0.405. The maximum absolute atomic E-state index is 6.64. The third kappa shape index (κ3) is 5.80. The molecule has 0 spiro atoms. The van der Waals surface area contributed by atoms with E-state index in [4.69, 9.17) is 16.6 Å². The molecule has 0 amide bonds. The van der Waals surface area contributed by atoms with E-state index in [1.807, 2.05) is 18.5 Å². The van der Waals surface area contributed by atoms with Crippen LogP contribution in [0.25, 0.3) is 22.6 Å². The molecule has 1 aliphatic carbocycles. The van der Waals surface area contributed by atoms with Crippen LogP contribution in [0.2, 0.25) is 5.02 Å². The number of imidazole rings is 1. The molecule has 208 valence electrons. The molecule has 3 aromatic heterocycles. The molecule has 7 rings (SSSR count). The van der Waals surface area contributed by atoms with Crippen LogP contribution in [-0.4, -0.2) is 81.6 Å². The second-order valence-corrected chi connectivity index (χ2v) is 12.0. The molecule has 40 heavy (non-hydrogen) atoms. The van der Waals surface area contributed by atoms with E-state index in [1.165, 1.54) is 30.6 Å². The lowest BCUT2D eigenvalue weighted by Crippen LogP contribution is -2.45. The first-order valence-electron chi connectivity index (χ1n) is 14.7. The van der Waals surface area contributed by atoms with Crippen molar-refractivity contribution < 1.29 is 0 Å². The van der Waals surface area contributed by atoms with Gasteiger partial charge in [-0.2, -0.15) is 0 Å². The Balaban J connectivity index is 0.999. The molecule has 0 atom stereocenters. The molecule has 8 nitrogen and oxygen atoms in total. The molecule has 0 unspecified atom stereocenters. The van der Waals surface area contributed by atoms with E-state index in [9.17, 15) is 0 Å². The van der Waals surface area contributed by atoms with Crippen LogP contribution in [-0.2, 0) is 6.54 Å². The molecule has 3 aliphatic rings. The second-order valence-electron chi connectivity index (χ2n) is 11.6. The van der Waals surface area contributed by atoms with Gasteiger partial charge in [0, 0.05) is 82.0 Å². The highest BCUT2D eigenvalue weighted by Gasteiger charge is 2.28. The Morgan fingerprint density at radius 3 is 2.42 bits per heavy atom. The topological polar surface area (TPSA) is 76.2 Å². The predicted molar refractivity (Wildman–Crippen MR) is 162 cm³/mol. The van der Waals surface area contributed by atoms with Gasteiger partial charge >= 0.3 is 0 Å². The van der Waals surface area contributed by atoms with E-state index < -0.39 is 0 Å². The van der Waals surface area contributed by atoms with Crippen molar-refractivity contribution in [3.05, 3.63) is 65.6 Å². The van der Waals surface area contributed by atoms with Crippen LogP contribution < -0.4 is 10.2 Å². The quantitative estimate of drug-likeness (QED) is 0.306. The Kier molecular flexibility index (Phi) is 7.31. The van der Waals surface area contributed by atoms with E-state index in [0.29, 0.717) is 11.1 Å². The average molecular weight is 557 g/mol.